The number of aromatic nitrogens is 3. The van der Waals surface area contributed by atoms with Crippen molar-refractivity contribution in [1.29, 1.82) is 0 Å². The minimum atomic E-state index is -0.349. The monoisotopic (exact) mass is 398 g/mol. The van der Waals surface area contributed by atoms with Crippen LogP contribution in [0, 0.1) is 27.7 Å². The number of amides is 1. The molecule has 0 radical (unpaired) electrons. The number of halogens is 1. The summed E-state index contributed by atoms with van der Waals surface area (Å²) < 4.78 is 7.50. The van der Waals surface area contributed by atoms with Crippen LogP contribution in [0.5, 0.6) is 5.75 Å². The Morgan fingerprint density at radius 2 is 1.86 bits per heavy atom. The van der Waals surface area contributed by atoms with Gasteiger partial charge in [0.15, 0.2) is 5.82 Å². The van der Waals surface area contributed by atoms with Gasteiger partial charge in [0.25, 0.3) is 5.91 Å². The topological polar surface area (TPSA) is 69.0 Å². The van der Waals surface area contributed by atoms with Gasteiger partial charge in [-0.15, -0.1) is 0 Å². The second-order valence-corrected chi connectivity index (χ2v) is 7.07. The lowest BCUT2D eigenvalue weighted by Gasteiger charge is -2.13. The van der Waals surface area contributed by atoms with E-state index in [4.69, 9.17) is 16.3 Å². The molecule has 2 aromatic heterocycles. The van der Waals surface area contributed by atoms with Gasteiger partial charge in [0.2, 0.25) is 0 Å². The average molecular weight is 399 g/mol. The quantitative estimate of drug-likeness (QED) is 0.638. The molecule has 1 aromatic carbocycles. The third kappa shape index (κ3) is 4.34. The lowest BCUT2D eigenvalue weighted by Crippen LogP contribution is -2.29. The van der Waals surface area contributed by atoms with E-state index in [2.05, 4.69) is 15.4 Å². The molecular weight excluding hydrogens is 376 g/mol. The number of ether oxygens (including phenoxy) is 1. The molecule has 2 heterocycles. The summed E-state index contributed by atoms with van der Waals surface area (Å²) in [4.78, 5) is 16.9. The van der Waals surface area contributed by atoms with Crippen LogP contribution in [-0.2, 0) is 0 Å². The second-order valence-electron chi connectivity index (χ2n) is 6.66. The molecule has 0 saturated heterocycles. The highest BCUT2D eigenvalue weighted by molar-refractivity contribution is 6.33. The number of nitrogens with one attached hydrogen (secondary N) is 1. The molecule has 3 aromatic rings. The van der Waals surface area contributed by atoms with Crippen LogP contribution in [0.15, 0.2) is 36.4 Å². The number of benzene rings is 1. The molecular formula is C21H23ClN4O2. The fourth-order valence-corrected chi connectivity index (χ4v) is 3.19. The normalized spacial score (nSPS) is 10.8. The Labute approximate surface area is 169 Å². The minimum Gasteiger partial charge on any atom is -0.491 e. The molecule has 0 fully saturated rings. The van der Waals surface area contributed by atoms with E-state index in [0.29, 0.717) is 24.0 Å². The van der Waals surface area contributed by atoms with Crippen LogP contribution in [0.2, 0.25) is 5.02 Å². The number of rotatable bonds is 6. The summed E-state index contributed by atoms with van der Waals surface area (Å²) in [6.07, 6.45) is 0. The van der Waals surface area contributed by atoms with Crippen LogP contribution in [0.4, 0.5) is 0 Å². The van der Waals surface area contributed by atoms with Gasteiger partial charge in [-0.1, -0.05) is 29.8 Å². The van der Waals surface area contributed by atoms with Crippen molar-refractivity contribution in [3.63, 3.8) is 0 Å². The number of aryl methyl sites for hydroxylation is 4. The Hall–Kier alpha value is -2.86. The van der Waals surface area contributed by atoms with E-state index in [1.165, 1.54) is 0 Å². The Kier molecular flexibility index (Phi) is 5.99. The van der Waals surface area contributed by atoms with Crippen molar-refractivity contribution < 1.29 is 9.53 Å². The molecule has 0 atom stereocenters. The molecule has 146 valence electrons. The lowest BCUT2D eigenvalue weighted by molar-refractivity contribution is 0.0942. The first kappa shape index (κ1) is 19.9. The molecule has 0 unspecified atom stereocenters. The second kappa shape index (κ2) is 8.44. The molecule has 0 bridgehead atoms. The Morgan fingerprint density at radius 3 is 2.50 bits per heavy atom. The number of pyridine rings is 1. The van der Waals surface area contributed by atoms with Crippen molar-refractivity contribution in [3.05, 3.63) is 69.6 Å². The number of para-hydroxylation sites is 1. The van der Waals surface area contributed by atoms with Gasteiger partial charge in [-0.2, -0.15) is 5.10 Å². The summed E-state index contributed by atoms with van der Waals surface area (Å²) in [5.74, 6) is 1.05. The lowest BCUT2D eigenvalue weighted by atomic mass is 10.1. The number of carbonyl (C=O) groups is 1. The van der Waals surface area contributed by atoms with Crippen molar-refractivity contribution in [1.82, 2.24) is 20.1 Å². The first-order chi connectivity index (χ1) is 13.4. The van der Waals surface area contributed by atoms with Gasteiger partial charge in [0, 0.05) is 5.69 Å². The zero-order valence-corrected chi connectivity index (χ0v) is 17.2. The summed E-state index contributed by atoms with van der Waals surface area (Å²) in [7, 11) is 0. The fourth-order valence-electron chi connectivity index (χ4n) is 3.00. The largest absolute Gasteiger partial charge is 0.491 e. The summed E-state index contributed by atoms with van der Waals surface area (Å²) in [5, 5.41) is 7.49. The predicted octanol–water partition coefficient (Wildman–Crippen LogP) is 3.96. The predicted molar refractivity (Wildman–Crippen MR) is 110 cm³/mol. The third-order valence-corrected chi connectivity index (χ3v) is 4.62. The highest BCUT2D eigenvalue weighted by Gasteiger charge is 2.15. The van der Waals surface area contributed by atoms with Crippen LogP contribution < -0.4 is 10.1 Å². The molecule has 6 nitrogen and oxygen atoms in total. The maximum absolute atomic E-state index is 12.5. The van der Waals surface area contributed by atoms with E-state index in [1.807, 2.05) is 52.0 Å². The summed E-state index contributed by atoms with van der Waals surface area (Å²) in [5.41, 5.74) is 4.10. The zero-order valence-electron chi connectivity index (χ0n) is 16.4. The summed E-state index contributed by atoms with van der Waals surface area (Å²) >= 11 is 6.19. The number of hydrogen-bond donors (Lipinski definition) is 1. The molecule has 0 spiro atoms. The van der Waals surface area contributed by atoms with Crippen LogP contribution in [0.25, 0.3) is 5.82 Å². The van der Waals surface area contributed by atoms with E-state index in [9.17, 15) is 4.79 Å². The molecule has 0 aliphatic rings. The smallest absolute Gasteiger partial charge is 0.271 e. The maximum atomic E-state index is 12.5. The van der Waals surface area contributed by atoms with Gasteiger partial charge in [0.1, 0.15) is 18.1 Å². The summed E-state index contributed by atoms with van der Waals surface area (Å²) in [6.45, 7) is 8.52. The van der Waals surface area contributed by atoms with Crippen molar-refractivity contribution in [2.24, 2.45) is 0 Å². The third-order valence-electron chi connectivity index (χ3n) is 4.32. The number of carbonyl (C=O) groups excluding carboxylic acids is 1. The molecule has 0 saturated carbocycles. The molecule has 1 N–H and O–H groups in total. The van der Waals surface area contributed by atoms with E-state index < -0.39 is 0 Å². The molecule has 7 heteroatoms. The average Bonchev–Trinajstić information content (AvgIpc) is 2.99. The first-order valence-corrected chi connectivity index (χ1v) is 9.42. The van der Waals surface area contributed by atoms with Crippen molar-refractivity contribution >= 4 is 17.5 Å². The summed E-state index contributed by atoms with van der Waals surface area (Å²) in [6, 6.07) is 11.3. The SMILES string of the molecule is Cc1cc(C)n(-c2ccc(Cl)c(C(=O)NCCOc3c(C)cccc3C)n2)n1. The van der Waals surface area contributed by atoms with Crippen molar-refractivity contribution in [2.75, 3.05) is 13.2 Å². The van der Waals surface area contributed by atoms with Crippen molar-refractivity contribution in [3.8, 4) is 11.6 Å². The van der Waals surface area contributed by atoms with Gasteiger partial charge < -0.3 is 10.1 Å². The Balaban J connectivity index is 1.66. The van der Waals surface area contributed by atoms with E-state index in [1.54, 1.807) is 16.8 Å². The zero-order chi connectivity index (χ0) is 20.3. The molecule has 0 aliphatic carbocycles. The van der Waals surface area contributed by atoms with E-state index >= 15 is 0 Å². The van der Waals surface area contributed by atoms with Crippen molar-refractivity contribution in [2.45, 2.75) is 27.7 Å². The van der Waals surface area contributed by atoms with Crippen LogP contribution in [0.1, 0.15) is 33.0 Å². The van der Waals surface area contributed by atoms with Gasteiger partial charge in [-0.3, -0.25) is 4.79 Å². The molecule has 1 amide bonds. The Morgan fingerprint density at radius 1 is 1.14 bits per heavy atom. The molecule has 3 rings (SSSR count). The number of hydrogen-bond acceptors (Lipinski definition) is 4. The van der Waals surface area contributed by atoms with Crippen LogP contribution in [0.3, 0.4) is 0 Å². The Bertz CT molecular complexity index is 993. The fraction of sp³-hybridized carbons (Fsp3) is 0.286. The van der Waals surface area contributed by atoms with E-state index in [0.717, 1.165) is 28.3 Å². The minimum absolute atomic E-state index is 0.166. The van der Waals surface area contributed by atoms with Crippen LogP contribution >= 0.6 is 11.6 Å². The highest BCUT2D eigenvalue weighted by Crippen LogP contribution is 2.22. The van der Waals surface area contributed by atoms with Gasteiger partial charge in [-0.25, -0.2) is 9.67 Å². The highest BCUT2D eigenvalue weighted by atomic mass is 35.5. The molecule has 0 aliphatic heterocycles. The molecule has 28 heavy (non-hydrogen) atoms. The first-order valence-electron chi connectivity index (χ1n) is 9.04. The van der Waals surface area contributed by atoms with Crippen LogP contribution in [-0.4, -0.2) is 33.8 Å². The standard InChI is InChI=1S/C21H23ClN4O2/c1-13-6-5-7-14(2)20(13)28-11-10-23-21(27)19-17(22)8-9-18(24-19)26-16(4)12-15(3)25-26/h5-9,12H,10-11H2,1-4H3,(H,23,27). The maximum Gasteiger partial charge on any atom is 0.271 e. The van der Waals surface area contributed by atoms with Gasteiger partial charge in [0.05, 0.1) is 17.3 Å². The van der Waals surface area contributed by atoms with Gasteiger partial charge >= 0.3 is 0 Å². The van der Waals surface area contributed by atoms with Gasteiger partial charge in [-0.05, 0) is 57.0 Å². The number of nitrogens with zero attached hydrogens (tertiary/aromatic N) is 3. The van der Waals surface area contributed by atoms with E-state index in [-0.39, 0.29) is 11.6 Å².